The van der Waals surface area contributed by atoms with Gasteiger partial charge < -0.3 is 15.5 Å². The van der Waals surface area contributed by atoms with Gasteiger partial charge in [0.25, 0.3) is 5.56 Å². The molecule has 1 aromatic heterocycles. The van der Waals surface area contributed by atoms with Gasteiger partial charge in [-0.25, -0.2) is 0 Å². The smallest absolute Gasteiger partial charge is 0.255 e. The van der Waals surface area contributed by atoms with E-state index in [2.05, 4.69) is 4.98 Å². The number of pyridine rings is 1. The third kappa shape index (κ3) is 3.39. The van der Waals surface area contributed by atoms with Crippen LogP contribution in [0.5, 0.6) is 5.75 Å². The summed E-state index contributed by atoms with van der Waals surface area (Å²) >= 11 is 0. The first kappa shape index (κ1) is 15.9. The molecule has 0 spiro atoms. The first-order valence-corrected chi connectivity index (χ1v) is 7.18. The summed E-state index contributed by atoms with van der Waals surface area (Å²) in [6, 6.07) is 6.10. The molecule has 114 valence electrons. The van der Waals surface area contributed by atoms with Crippen molar-refractivity contribution in [1.82, 2.24) is 4.98 Å². The molecular weight excluding hydrogens is 288 g/mol. The summed E-state index contributed by atoms with van der Waals surface area (Å²) in [7, 11) is 0. The van der Waals surface area contributed by atoms with Crippen LogP contribution in [0.2, 0.25) is 0 Å². The minimum atomic E-state index is -0.0548. The maximum absolute atomic E-state index is 11.8. The molecule has 0 saturated heterocycles. The van der Waals surface area contributed by atoms with E-state index in [1.54, 1.807) is 6.20 Å². The van der Waals surface area contributed by atoms with Gasteiger partial charge in [-0.05, 0) is 61.8 Å². The number of ether oxygens (including phenoxy) is 1. The lowest BCUT2D eigenvalue weighted by atomic mass is 9.93. The Kier molecular flexibility index (Phi) is 4.91. The standard InChI is InChI=1S/C16H20N2O2.ClH/c1-10-8-14-11(6-7-18-16(14)19)9-15(10)20-13-4-2-12(17)3-5-13;/h6-9,12-13H,2-5,17H2,1H3,(H,18,19);1H. The van der Waals surface area contributed by atoms with Crippen molar-refractivity contribution in [2.75, 3.05) is 0 Å². The Hall–Kier alpha value is -1.52. The first-order chi connectivity index (χ1) is 9.63. The minimum Gasteiger partial charge on any atom is -0.490 e. The van der Waals surface area contributed by atoms with E-state index >= 15 is 0 Å². The van der Waals surface area contributed by atoms with E-state index in [9.17, 15) is 4.79 Å². The molecule has 1 heterocycles. The quantitative estimate of drug-likeness (QED) is 0.896. The summed E-state index contributed by atoms with van der Waals surface area (Å²) in [5, 5.41) is 1.63. The molecule has 0 atom stereocenters. The fourth-order valence-corrected chi connectivity index (χ4v) is 2.84. The number of nitrogens with one attached hydrogen (secondary N) is 1. The third-order valence-electron chi connectivity index (χ3n) is 4.08. The van der Waals surface area contributed by atoms with Crippen molar-refractivity contribution in [2.45, 2.75) is 44.8 Å². The number of fused-ring (bicyclic) bond motifs is 1. The van der Waals surface area contributed by atoms with Gasteiger partial charge in [-0.2, -0.15) is 0 Å². The average Bonchev–Trinajstić information content (AvgIpc) is 2.43. The maximum Gasteiger partial charge on any atom is 0.255 e. The second kappa shape index (κ2) is 6.50. The van der Waals surface area contributed by atoms with Gasteiger partial charge >= 0.3 is 0 Å². The number of rotatable bonds is 2. The number of hydrogen-bond acceptors (Lipinski definition) is 3. The Labute approximate surface area is 130 Å². The van der Waals surface area contributed by atoms with Crippen molar-refractivity contribution in [1.29, 1.82) is 0 Å². The lowest BCUT2D eigenvalue weighted by Crippen LogP contribution is -2.31. The van der Waals surface area contributed by atoms with Crippen molar-refractivity contribution in [2.24, 2.45) is 5.73 Å². The summed E-state index contributed by atoms with van der Waals surface area (Å²) in [5.74, 6) is 0.878. The molecule has 5 heteroatoms. The molecule has 3 N–H and O–H groups in total. The van der Waals surface area contributed by atoms with Gasteiger partial charge in [0.15, 0.2) is 0 Å². The van der Waals surface area contributed by atoms with E-state index in [4.69, 9.17) is 10.5 Å². The number of aromatic amines is 1. The number of halogens is 1. The zero-order chi connectivity index (χ0) is 14.1. The normalized spacial score (nSPS) is 21.8. The highest BCUT2D eigenvalue weighted by molar-refractivity contribution is 5.85. The lowest BCUT2D eigenvalue weighted by Gasteiger charge is -2.27. The molecule has 1 saturated carbocycles. The van der Waals surface area contributed by atoms with Gasteiger partial charge in [0.2, 0.25) is 0 Å². The minimum absolute atomic E-state index is 0. The summed E-state index contributed by atoms with van der Waals surface area (Å²) in [6.07, 6.45) is 5.98. The molecule has 4 nitrogen and oxygen atoms in total. The fraction of sp³-hybridized carbons (Fsp3) is 0.438. The van der Waals surface area contributed by atoms with Gasteiger partial charge in [-0.1, -0.05) is 0 Å². The van der Waals surface area contributed by atoms with Gasteiger partial charge in [0, 0.05) is 17.6 Å². The van der Waals surface area contributed by atoms with Crippen molar-refractivity contribution in [3.8, 4) is 5.75 Å². The van der Waals surface area contributed by atoms with Crippen molar-refractivity contribution >= 4 is 23.2 Å². The molecule has 3 rings (SSSR count). The van der Waals surface area contributed by atoms with Crippen LogP contribution in [-0.4, -0.2) is 17.1 Å². The Balaban J connectivity index is 0.00000161. The molecule has 0 unspecified atom stereocenters. The highest BCUT2D eigenvalue weighted by atomic mass is 35.5. The first-order valence-electron chi connectivity index (χ1n) is 7.18. The van der Waals surface area contributed by atoms with Gasteiger partial charge in [-0.15, -0.1) is 12.4 Å². The van der Waals surface area contributed by atoms with E-state index in [1.165, 1.54) is 0 Å². The van der Waals surface area contributed by atoms with Crippen LogP contribution in [-0.2, 0) is 0 Å². The predicted molar refractivity (Wildman–Crippen MR) is 87.4 cm³/mol. The number of aryl methyl sites for hydroxylation is 1. The number of nitrogens with two attached hydrogens (primary N) is 1. The largest absolute Gasteiger partial charge is 0.490 e. The summed E-state index contributed by atoms with van der Waals surface area (Å²) < 4.78 is 6.11. The van der Waals surface area contributed by atoms with Gasteiger partial charge in [0.05, 0.1) is 6.10 Å². The molecule has 1 aromatic carbocycles. The van der Waals surface area contributed by atoms with E-state index in [-0.39, 0.29) is 24.1 Å². The average molecular weight is 309 g/mol. The zero-order valence-electron chi connectivity index (χ0n) is 12.1. The SMILES string of the molecule is Cc1cc2c(=O)[nH]ccc2cc1OC1CCC(N)CC1.Cl. The van der Waals surface area contributed by atoms with Crippen LogP contribution >= 0.6 is 12.4 Å². The number of hydrogen-bond donors (Lipinski definition) is 2. The van der Waals surface area contributed by atoms with Crippen LogP contribution in [0.15, 0.2) is 29.2 Å². The van der Waals surface area contributed by atoms with Crippen molar-refractivity contribution in [3.05, 3.63) is 40.3 Å². The maximum atomic E-state index is 11.8. The Bertz CT molecular complexity index is 676. The third-order valence-corrected chi connectivity index (χ3v) is 4.08. The zero-order valence-corrected chi connectivity index (χ0v) is 12.9. The topological polar surface area (TPSA) is 68.1 Å². The second-order valence-corrected chi connectivity index (χ2v) is 5.67. The number of aromatic nitrogens is 1. The molecule has 0 bridgehead atoms. The molecular formula is C16H21ClN2O2. The summed E-state index contributed by atoms with van der Waals surface area (Å²) in [4.78, 5) is 14.5. The predicted octanol–water partition coefficient (Wildman–Crippen LogP) is 2.91. The number of benzene rings is 1. The molecule has 1 aliphatic rings. The van der Waals surface area contributed by atoms with E-state index in [0.717, 1.165) is 42.4 Å². The second-order valence-electron chi connectivity index (χ2n) is 5.67. The van der Waals surface area contributed by atoms with Crippen molar-refractivity contribution < 1.29 is 4.74 Å². The number of H-pyrrole nitrogens is 1. The van der Waals surface area contributed by atoms with Crippen LogP contribution in [0.25, 0.3) is 10.8 Å². The van der Waals surface area contributed by atoms with Crippen LogP contribution in [0.3, 0.4) is 0 Å². The van der Waals surface area contributed by atoms with Gasteiger partial charge in [0.1, 0.15) is 5.75 Å². The van der Waals surface area contributed by atoms with Crippen molar-refractivity contribution in [3.63, 3.8) is 0 Å². The molecule has 21 heavy (non-hydrogen) atoms. The molecule has 2 aromatic rings. The van der Waals surface area contributed by atoms with Crippen LogP contribution < -0.4 is 16.0 Å². The van der Waals surface area contributed by atoms with E-state index < -0.39 is 0 Å². The highest BCUT2D eigenvalue weighted by Crippen LogP contribution is 2.28. The molecule has 0 amide bonds. The lowest BCUT2D eigenvalue weighted by molar-refractivity contribution is 0.146. The van der Waals surface area contributed by atoms with Gasteiger partial charge in [-0.3, -0.25) is 4.79 Å². The van der Waals surface area contributed by atoms with E-state index in [1.807, 2.05) is 25.1 Å². The Morgan fingerprint density at radius 2 is 1.95 bits per heavy atom. The molecule has 1 fully saturated rings. The summed E-state index contributed by atoms with van der Waals surface area (Å²) in [6.45, 7) is 1.98. The van der Waals surface area contributed by atoms with Crippen LogP contribution in [0.4, 0.5) is 0 Å². The molecule has 0 aliphatic heterocycles. The monoisotopic (exact) mass is 308 g/mol. The van der Waals surface area contributed by atoms with Crippen LogP contribution in [0.1, 0.15) is 31.2 Å². The van der Waals surface area contributed by atoms with E-state index in [0.29, 0.717) is 11.4 Å². The highest BCUT2D eigenvalue weighted by Gasteiger charge is 2.20. The summed E-state index contributed by atoms with van der Waals surface area (Å²) in [5.41, 5.74) is 6.87. The molecule has 1 aliphatic carbocycles. The Morgan fingerprint density at radius 3 is 2.67 bits per heavy atom. The molecule has 0 radical (unpaired) electrons. The fourth-order valence-electron chi connectivity index (χ4n) is 2.84. The van der Waals surface area contributed by atoms with Crippen LogP contribution in [0, 0.1) is 6.92 Å². The Morgan fingerprint density at radius 1 is 1.24 bits per heavy atom.